The molecule has 0 bridgehead atoms. The molecule has 0 radical (unpaired) electrons. The number of terminal acetylenes is 1. The summed E-state index contributed by atoms with van der Waals surface area (Å²) in [5, 5.41) is 2.80. The van der Waals surface area contributed by atoms with E-state index in [4.69, 9.17) is 15.9 Å². The molecule has 0 saturated heterocycles. The Kier molecular flexibility index (Phi) is 5.05. The van der Waals surface area contributed by atoms with Crippen molar-refractivity contribution in [3.8, 4) is 23.8 Å². The maximum Gasteiger partial charge on any atom is 0.255 e. The number of anilines is 1. The predicted molar refractivity (Wildman–Crippen MR) is 86.5 cm³/mol. The fourth-order valence-electron chi connectivity index (χ4n) is 1.97. The molecule has 2 aromatic rings. The first-order valence-electron chi connectivity index (χ1n) is 6.86. The van der Waals surface area contributed by atoms with Gasteiger partial charge in [0, 0.05) is 16.8 Å². The maximum absolute atomic E-state index is 12.3. The van der Waals surface area contributed by atoms with E-state index in [2.05, 4.69) is 11.2 Å². The van der Waals surface area contributed by atoms with E-state index in [-0.39, 0.29) is 5.91 Å². The molecule has 0 spiro atoms. The maximum atomic E-state index is 12.3. The largest absolute Gasteiger partial charge is 0.493 e. The average Bonchev–Trinajstić information content (AvgIpc) is 2.55. The van der Waals surface area contributed by atoms with Gasteiger partial charge in [-0.25, -0.2) is 0 Å². The van der Waals surface area contributed by atoms with Crippen LogP contribution >= 0.6 is 0 Å². The van der Waals surface area contributed by atoms with Gasteiger partial charge in [-0.15, -0.1) is 6.42 Å². The summed E-state index contributed by atoms with van der Waals surface area (Å²) in [6.07, 6.45) is 5.35. The number of ether oxygens (including phenoxy) is 2. The second-order valence-corrected chi connectivity index (χ2v) is 4.48. The molecule has 112 valence electrons. The van der Waals surface area contributed by atoms with Crippen LogP contribution in [0, 0.1) is 12.3 Å². The Labute approximate surface area is 130 Å². The second-order valence-electron chi connectivity index (χ2n) is 4.48. The minimum Gasteiger partial charge on any atom is -0.493 e. The number of hydrogen-bond donors (Lipinski definition) is 1. The molecular formula is C18H17NO3. The van der Waals surface area contributed by atoms with Crippen molar-refractivity contribution in [1.82, 2.24) is 0 Å². The van der Waals surface area contributed by atoms with Crippen molar-refractivity contribution in [1.29, 1.82) is 0 Å². The van der Waals surface area contributed by atoms with Gasteiger partial charge in [-0.1, -0.05) is 12.0 Å². The van der Waals surface area contributed by atoms with Crippen LogP contribution in [0.3, 0.4) is 0 Å². The van der Waals surface area contributed by atoms with E-state index in [1.165, 1.54) is 7.11 Å². The molecule has 0 aromatic heterocycles. The van der Waals surface area contributed by atoms with Gasteiger partial charge in [-0.3, -0.25) is 4.79 Å². The van der Waals surface area contributed by atoms with Crippen molar-refractivity contribution in [2.24, 2.45) is 0 Å². The number of benzene rings is 2. The van der Waals surface area contributed by atoms with Crippen LogP contribution in [0.2, 0.25) is 0 Å². The van der Waals surface area contributed by atoms with E-state index < -0.39 is 0 Å². The van der Waals surface area contributed by atoms with Gasteiger partial charge in [-0.05, 0) is 43.3 Å². The minimum atomic E-state index is -0.240. The lowest BCUT2D eigenvalue weighted by Crippen LogP contribution is -2.12. The number of methoxy groups -OCH3 is 1. The molecule has 1 amide bonds. The van der Waals surface area contributed by atoms with Crippen LogP contribution in [0.25, 0.3) is 0 Å². The van der Waals surface area contributed by atoms with Crippen molar-refractivity contribution in [2.75, 3.05) is 19.0 Å². The smallest absolute Gasteiger partial charge is 0.255 e. The third kappa shape index (κ3) is 3.58. The molecule has 22 heavy (non-hydrogen) atoms. The van der Waals surface area contributed by atoms with E-state index in [1.807, 2.05) is 6.92 Å². The van der Waals surface area contributed by atoms with Crippen LogP contribution in [-0.4, -0.2) is 19.6 Å². The van der Waals surface area contributed by atoms with Gasteiger partial charge in [0.15, 0.2) is 11.5 Å². The molecular weight excluding hydrogens is 278 g/mol. The summed E-state index contributed by atoms with van der Waals surface area (Å²) in [5.41, 5.74) is 1.83. The van der Waals surface area contributed by atoms with Crippen molar-refractivity contribution in [3.63, 3.8) is 0 Å². The molecule has 0 aliphatic rings. The highest BCUT2D eigenvalue weighted by Crippen LogP contribution is 2.28. The lowest BCUT2D eigenvalue weighted by molar-refractivity contribution is 0.102. The minimum absolute atomic E-state index is 0.240. The van der Waals surface area contributed by atoms with Crippen molar-refractivity contribution in [2.45, 2.75) is 6.92 Å². The first-order chi connectivity index (χ1) is 10.7. The van der Waals surface area contributed by atoms with E-state index in [0.717, 1.165) is 0 Å². The predicted octanol–water partition coefficient (Wildman–Crippen LogP) is 3.33. The van der Waals surface area contributed by atoms with E-state index >= 15 is 0 Å². The fraction of sp³-hybridized carbons (Fsp3) is 0.167. The molecule has 2 aromatic carbocycles. The van der Waals surface area contributed by atoms with Gasteiger partial charge in [0.25, 0.3) is 5.91 Å². The lowest BCUT2D eigenvalue weighted by Gasteiger charge is -2.11. The van der Waals surface area contributed by atoms with Gasteiger partial charge in [0.05, 0.1) is 13.7 Å². The zero-order valence-corrected chi connectivity index (χ0v) is 12.6. The Hall–Kier alpha value is -2.93. The molecule has 0 saturated carbocycles. The first kappa shape index (κ1) is 15.5. The molecule has 4 heteroatoms. The first-order valence-corrected chi connectivity index (χ1v) is 6.86. The SMILES string of the molecule is C#Cc1cccc(NC(=O)c2ccc(OCC)c(OC)c2)c1. The summed E-state index contributed by atoms with van der Waals surface area (Å²) in [4.78, 5) is 12.3. The molecule has 1 N–H and O–H groups in total. The summed E-state index contributed by atoms with van der Waals surface area (Å²) < 4.78 is 10.7. The summed E-state index contributed by atoms with van der Waals surface area (Å²) in [7, 11) is 1.54. The monoisotopic (exact) mass is 295 g/mol. The van der Waals surface area contributed by atoms with Crippen LogP contribution in [0.4, 0.5) is 5.69 Å². The Balaban J connectivity index is 2.20. The number of nitrogens with one attached hydrogen (secondary N) is 1. The molecule has 0 aliphatic carbocycles. The van der Waals surface area contributed by atoms with Crippen LogP contribution in [0.5, 0.6) is 11.5 Å². The normalized spacial score (nSPS) is 9.68. The molecule has 0 heterocycles. The van der Waals surface area contributed by atoms with Crippen molar-refractivity contribution < 1.29 is 14.3 Å². The molecule has 0 fully saturated rings. The van der Waals surface area contributed by atoms with Gasteiger partial charge in [-0.2, -0.15) is 0 Å². The highest BCUT2D eigenvalue weighted by molar-refractivity contribution is 6.04. The van der Waals surface area contributed by atoms with Gasteiger partial charge in [0.1, 0.15) is 0 Å². The Bertz CT molecular complexity index is 717. The van der Waals surface area contributed by atoms with Crippen molar-refractivity contribution in [3.05, 3.63) is 53.6 Å². The standard InChI is InChI=1S/C18H17NO3/c1-4-13-7-6-8-15(11-13)19-18(20)14-9-10-16(22-5-2)17(12-14)21-3/h1,6-12H,5H2,2-3H3,(H,19,20). The van der Waals surface area contributed by atoms with Crippen molar-refractivity contribution >= 4 is 11.6 Å². The van der Waals surface area contributed by atoms with E-state index in [1.54, 1.807) is 42.5 Å². The average molecular weight is 295 g/mol. The third-order valence-electron chi connectivity index (χ3n) is 3.01. The zero-order chi connectivity index (χ0) is 15.9. The Morgan fingerprint density at radius 2 is 2.05 bits per heavy atom. The third-order valence-corrected chi connectivity index (χ3v) is 3.01. The van der Waals surface area contributed by atoms with Crippen LogP contribution in [-0.2, 0) is 0 Å². The molecule has 0 unspecified atom stereocenters. The summed E-state index contributed by atoms with van der Waals surface area (Å²) in [6, 6.07) is 12.2. The molecule has 2 rings (SSSR count). The van der Waals surface area contributed by atoms with Crippen LogP contribution < -0.4 is 14.8 Å². The number of rotatable bonds is 5. The summed E-state index contributed by atoms with van der Waals surface area (Å²) in [5.74, 6) is 3.42. The Morgan fingerprint density at radius 1 is 1.23 bits per heavy atom. The molecule has 4 nitrogen and oxygen atoms in total. The summed E-state index contributed by atoms with van der Waals surface area (Å²) >= 11 is 0. The number of carbonyl (C=O) groups is 1. The Morgan fingerprint density at radius 3 is 2.73 bits per heavy atom. The molecule has 0 atom stereocenters. The van der Waals surface area contributed by atoms with Gasteiger partial charge < -0.3 is 14.8 Å². The van der Waals surface area contributed by atoms with Crippen LogP contribution in [0.1, 0.15) is 22.8 Å². The topological polar surface area (TPSA) is 47.6 Å². The molecule has 0 aliphatic heterocycles. The van der Waals surface area contributed by atoms with E-state index in [9.17, 15) is 4.79 Å². The number of carbonyl (C=O) groups excluding carboxylic acids is 1. The quantitative estimate of drug-likeness (QED) is 0.861. The van der Waals surface area contributed by atoms with Gasteiger partial charge in [0.2, 0.25) is 0 Å². The second kappa shape index (κ2) is 7.19. The highest BCUT2D eigenvalue weighted by atomic mass is 16.5. The fourth-order valence-corrected chi connectivity index (χ4v) is 1.97. The van der Waals surface area contributed by atoms with Gasteiger partial charge >= 0.3 is 0 Å². The number of amides is 1. The highest BCUT2D eigenvalue weighted by Gasteiger charge is 2.11. The zero-order valence-electron chi connectivity index (χ0n) is 12.6. The number of hydrogen-bond acceptors (Lipinski definition) is 3. The summed E-state index contributed by atoms with van der Waals surface area (Å²) in [6.45, 7) is 2.42. The van der Waals surface area contributed by atoms with E-state index in [0.29, 0.717) is 34.9 Å². The lowest BCUT2D eigenvalue weighted by atomic mass is 10.1. The van der Waals surface area contributed by atoms with Crippen LogP contribution in [0.15, 0.2) is 42.5 Å².